The molecule has 1 aliphatic heterocycles. The number of esters is 1. The molecule has 0 bridgehead atoms. The molecule has 0 amide bonds. The summed E-state index contributed by atoms with van der Waals surface area (Å²) in [5.74, 6) is -1.54. The molecule has 1 heterocycles. The maximum Gasteiger partial charge on any atom is 0.330 e. The van der Waals surface area contributed by atoms with E-state index in [9.17, 15) is 4.79 Å². The molecule has 2 atom stereocenters. The number of rotatable bonds is 5. The number of carbonyl (C=O) groups is 1. The smallest absolute Gasteiger partial charge is 0.330 e. The number of hydrogen-bond acceptors (Lipinski definition) is 4. The first-order valence-corrected chi connectivity index (χ1v) is 10.5. The number of fused-ring (bicyclic) bond motifs is 1. The van der Waals surface area contributed by atoms with Crippen molar-refractivity contribution in [3.63, 3.8) is 0 Å². The highest BCUT2D eigenvalue weighted by atomic mass is 19.1. The first-order chi connectivity index (χ1) is 14.6. The SMILES string of the molecule is COC(=O)/C=C/c1cc(F)c([C@H]2c3ccc(N)c(C)c3C[C@H](C)N2CC(C)C)c(F)c1. The Morgan fingerprint density at radius 3 is 2.52 bits per heavy atom. The lowest BCUT2D eigenvalue weighted by Gasteiger charge is -2.44. The Balaban J connectivity index is 2.17. The van der Waals surface area contributed by atoms with Gasteiger partial charge in [0.15, 0.2) is 0 Å². The molecule has 0 unspecified atom stereocenters. The van der Waals surface area contributed by atoms with Crippen molar-refractivity contribution >= 4 is 17.7 Å². The molecule has 6 heteroatoms. The van der Waals surface area contributed by atoms with Crippen molar-refractivity contribution in [1.82, 2.24) is 4.90 Å². The van der Waals surface area contributed by atoms with Gasteiger partial charge in [0.25, 0.3) is 0 Å². The van der Waals surface area contributed by atoms with E-state index in [-0.39, 0.29) is 17.2 Å². The summed E-state index contributed by atoms with van der Waals surface area (Å²) in [6, 6.07) is 5.76. The summed E-state index contributed by atoms with van der Waals surface area (Å²) in [4.78, 5) is 13.5. The molecule has 31 heavy (non-hydrogen) atoms. The van der Waals surface area contributed by atoms with Crippen molar-refractivity contribution in [2.75, 3.05) is 19.4 Å². The predicted molar refractivity (Wildman–Crippen MR) is 120 cm³/mol. The normalized spacial score (nSPS) is 19.1. The van der Waals surface area contributed by atoms with E-state index in [0.29, 0.717) is 18.2 Å². The zero-order valence-corrected chi connectivity index (χ0v) is 18.7. The maximum atomic E-state index is 15.4. The maximum absolute atomic E-state index is 15.4. The van der Waals surface area contributed by atoms with Crippen molar-refractivity contribution in [1.29, 1.82) is 0 Å². The number of nitrogens with zero attached hydrogens (tertiary/aromatic N) is 1. The van der Waals surface area contributed by atoms with Gasteiger partial charge in [-0.3, -0.25) is 4.90 Å². The largest absolute Gasteiger partial charge is 0.466 e. The third-order valence-corrected chi connectivity index (χ3v) is 5.93. The Morgan fingerprint density at radius 2 is 1.94 bits per heavy atom. The molecule has 2 N–H and O–H groups in total. The number of hydrogen-bond donors (Lipinski definition) is 1. The van der Waals surface area contributed by atoms with Crippen LogP contribution in [0.4, 0.5) is 14.5 Å². The highest BCUT2D eigenvalue weighted by molar-refractivity contribution is 5.86. The van der Waals surface area contributed by atoms with Gasteiger partial charge in [-0.15, -0.1) is 0 Å². The fourth-order valence-electron chi connectivity index (χ4n) is 4.39. The first-order valence-electron chi connectivity index (χ1n) is 10.5. The number of nitrogen functional groups attached to an aromatic ring is 1. The molecule has 0 saturated heterocycles. The number of carbonyl (C=O) groups excluding carboxylic acids is 1. The summed E-state index contributed by atoms with van der Waals surface area (Å²) in [5, 5.41) is 0. The molecule has 4 nitrogen and oxygen atoms in total. The van der Waals surface area contributed by atoms with Crippen LogP contribution in [0.2, 0.25) is 0 Å². The fourth-order valence-corrected chi connectivity index (χ4v) is 4.39. The number of nitrogens with two attached hydrogens (primary N) is 1. The lowest BCUT2D eigenvalue weighted by molar-refractivity contribution is -0.134. The Kier molecular flexibility index (Phi) is 6.80. The molecule has 166 valence electrons. The van der Waals surface area contributed by atoms with Crippen LogP contribution >= 0.6 is 0 Å². The molecule has 0 aromatic heterocycles. The van der Waals surface area contributed by atoms with Crippen LogP contribution in [0.25, 0.3) is 6.08 Å². The molecular formula is C25H30F2N2O2. The van der Waals surface area contributed by atoms with Crippen LogP contribution in [0, 0.1) is 24.5 Å². The van der Waals surface area contributed by atoms with E-state index in [1.54, 1.807) is 0 Å². The highest BCUT2D eigenvalue weighted by Crippen LogP contribution is 2.42. The Morgan fingerprint density at radius 1 is 1.29 bits per heavy atom. The van der Waals surface area contributed by atoms with Crippen molar-refractivity contribution in [2.45, 2.75) is 46.2 Å². The van der Waals surface area contributed by atoms with Gasteiger partial charge >= 0.3 is 5.97 Å². The minimum Gasteiger partial charge on any atom is -0.466 e. The Labute approximate surface area is 182 Å². The van der Waals surface area contributed by atoms with Gasteiger partial charge in [-0.1, -0.05) is 19.9 Å². The minimum absolute atomic E-state index is 0.0211. The number of halogens is 2. The van der Waals surface area contributed by atoms with Gasteiger partial charge in [0, 0.05) is 29.9 Å². The average Bonchev–Trinajstić information content (AvgIpc) is 2.70. The minimum atomic E-state index is -0.641. The molecule has 3 rings (SSSR count). The topological polar surface area (TPSA) is 55.6 Å². The second kappa shape index (κ2) is 9.18. The van der Waals surface area contributed by atoms with Crippen LogP contribution in [0.5, 0.6) is 0 Å². The molecule has 0 radical (unpaired) electrons. The third-order valence-electron chi connectivity index (χ3n) is 5.93. The van der Waals surface area contributed by atoms with E-state index in [1.165, 1.54) is 25.3 Å². The van der Waals surface area contributed by atoms with Gasteiger partial charge < -0.3 is 10.5 Å². The van der Waals surface area contributed by atoms with Crippen molar-refractivity contribution in [3.8, 4) is 0 Å². The molecule has 0 spiro atoms. The monoisotopic (exact) mass is 428 g/mol. The lowest BCUT2D eigenvalue weighted by atomic mass is 9.81. The summed E-state index contributed by atoms with van der Waals surface area (Å²) < 4.78 is 35.3. The second-order valence-corrected chi connectivity index (χ2v) is 8.65. The molecule has 2 aromatic rings. The van der Waals surface area contributed by atoms with Crippen LogP contribution < -0.4 is 5.73 Å². The lowest BCUT2D eigenvalue weighted by Crippen LogP contribution is -2.45. The predicted octanol–water partition coefficient (Wildman–Crippen LogP) is 5.03. The summed E-state index contributed by atoms with van der Waals surface area (Å²) in [5.41, 5.74) is 10.0. The second-order valence-electron chi connectivity index (χ2n) is 8.65. The number of ether oxygens (including phenoxy) is 1. The third kappa shape index (κ3) is 4.64. The highest BCUT2D eigenvalue weighted by Gasteiger charge is 2.37. The standard InChI is InChI=1S/C25H30F2N2O2/c1-14(2)13-29-15(3)10-19-16(4)22(28)8-7-18(19)25(29)24-20(26)11-17(12-21(24)27)6-9-23(30)31-5/h6-9,11-12,14-15,25H,10,13,28H2,1-5H3/b9-6+/t15-,25+/m0/s1. The van der Waals surface area contributed by atoms with Gasteiger partial charge in [-0.25, -0.2) is 13.6 Å². The molecule has 0 saturated carbocycles. The zero-order chi connectivity index (χ0) is 22.9. The van der Waals surface area contributed by atoms with Crippen molar-refractivity contribution < 1.29 is 18.3 Å². The fraction of sp³-hybridized carbons (Fsp3) is 0.400. The summed E-state index contributed by atoms with van der Waals surface area (Å²) >= 11 is 0. The molecule has 0 aliphatic carbocycles. The van der Waals surface area contributed by atoms with Gasteiger partial charge in [0.2, 0.25) is 0 Å². The quantitative estimate of drug-likeness (QED) is 0.412. The van der Waals surface area contributed by atoms with E-state index in [4.69, 9.17) is 5.73 Å². The molecule has 1 aliphatic rings. The van der Waals surface area contributed by atoms with E-state index in [1.807, 2.05) is 19.1 Å². The number of benzene rings is 2. The first kappa shape index (κ1) is 22.9. The van der Waals surface area contributed by atoms with Crippen LogP contribution in [0.1, 0.15) is 54.6 Å². The van der Waals surface area contributed by atoms with Crippen LogP contribution in [-0.2, 0) is 16.0 Å². The number of anilines is 1. The molecular weight excluding hydrogens is 398 g/mol. The Hall–Kier alpha value is -2.73. The number of methoxy groups -OCH3 is 1. The van der Waals surface area contributed by atoms with Crippen molar-refractivity contribution in [3.05, 3.63) is 69.8 Å². The van der Waals surface area contributed by atoms with Gasteiger partial charge in [-0.2, -0.15) is 0 Å². The van der Waals surface area contributed by atoms with Crippen LogP contribution in [0.15, 0.2) is 30.3 Å². The van der Waals surface area contributed by atoms with Crippen molar-refractivity contribution in [2.24, 2.45) is 5.92 Å². The summed E-state index contributed by atoms with van der Waals surface area (Å²) in [6.45, 7) is 8.95. The summed E-state index contributed by atoms with van der Waals surface area (Å²) in [6.07, 6.45) is 3.26. The Bertz CT molecular complexity index is 994. The molecule has 0 fully saturated rings. The van der Waals surface area contributed by atoms with Crippen LogP contribution in [-0.4, -0.2) is 30.6 Å². The zero-order valence-electron chi connectivity index (χ0n) is 18.7. The van der Waals surface area contributed by atoms with Gasteiger partial charge in [-0.05, 0) is 72.7 Å². The van der Waals surface area contributed by atoms with Gasteiger partial charge in [0.1, 0.15) is 11.6 Å². The van der Waals surface area contributed by atoms with Crippen LogP contribution in [0.3, 0.4) is 0 Å². The summed E-state index contributed by atoms with van der Waals surface area (Å²) in [7, 11) is 1.25. The average molecular weight is 429 g/mol. The van der Waals surface area contributed by atoms with E-state index >= 15 is 8.78 Å². The van der Waals surface area contributed by atoms with E-state index in [2.05, 4.69) is 30.4 Å². The van der Waals surface area contributed by atoms with E-state index < -0.39 is 23.6 Å². The van der Waals surface area contributed by atoms with E-state index in [0.717, 1.165) is 29.2 Å². The molecule has 2 aromatic carbocycles. The van der Waals surface area contributed by atoms with Gasteiger partial charge in [0.05, 0.1) is 13.2 Å².